The zero-order chi connectivity index (χ0) is 31.1. The van der Waals surface area contributed by atoms with E-state index in [4.69, 9.17) is 9.72 Å². The third kappa shape index (κ3) is 6.55. The first-order valence-electron chi connectivity index (χ1n) is 15.1. The summed E-state index contributed by atoms with van der Waals surface area (Å²) in [7, 11) is 0. The monoisotopic (exact) mass is 597 g/mol. The van der Waals surface area contributed by atoms with Gasteiger partial charge in [0, 0.05) is 55.8 Å². The number of aromatic nitrogens is 1. The fourth-order valence-electron chi connectivity index (χ4n) is 6.81. The molecule has 10 nitrogen and oxygen atoms in total. The Morgan fingerprint density at radius 1 is 1.07 bits per heavy atom. The molecule has 2 aromatic rings. The van der Waals surface area contributed by atoms with Crippen LogP contribution < -0.4 is 4.90 Å². The number of piperazine rings is 1. The van der Waals surface area contributed by atoms with Gasteiger partial charge < -0.3 is 24.7 Å². The number of aliphatic hydroxyl groups excluding tert-OH is 1. The zero-order valence-corrected chi connectivity index (χ0v) is 25.8. The van der Waals surface area contributed by atoms with Crippen LogP contribution in [-0.2, 0) is 28.0 Å². The van der Waals surface area contributed by atoms with Crippen molar-refractivity contribution in [1.82, 2.24) is 19.7 Å². The number of carboxylic acid groups (broad SMARTS) is 1. The van der Waals surface area contributed by atoms with Crippen molar-refractivity contribution in [2.75, 3.05) is 50.8 Å². The molecule has 43 heavy (non-hydrogen) atoms. The van der Waals surface area contributed by atoms with E-state index in [9.17, 15) is 24.2 Å². The second-order valence-corrected chi connectivity index (χ2v) is 13.1. The van der Waals surface area contributed by atoms with Crippen LogP contribution in [0.5, 0.6) is 0 Å². The minimum Gasteiger partial charge on any atom is -0.465 e. The topological polar surface area (TPSA) is 110 Å². The Bertz CT molecular complexity index is 1330. The fraction of sp³-hybridized carbons (Fsp3) is 0.594. The number of amides is 2. The largest absolute Gasteiger partial charge is 0.465 e. The molecule has 0 unspecified atom stereocenters. The molecule has 0 spiro atoms. The highest BCUT2D eigenvalue weighted by atomic mass is 19.1. The van der Waals surface area contributed by atoms with Crippen molar-refractivity contribution in [3.05, 3.63) is 58.7 Å². The second-order valence-electron chi connectivity index (χ2n) is 13.1. The van der Waals surface area contributed by atoms with E-state index in [0.717, 1.165) is 22.5 Å². The number of anilines is 1. The molecule has 1 aromatic heterocycles. The van der Waals surface area contributed by atoms with Gasteiger partial charge in [0.15, 0.2) is 0 Å². The molecule has 234 valence electrons. The molecular formula is C32H44FN5O5. The lowest BCUT2D eigenvalue weighted by Crippen LogP contribution is -2.64. The van der Waals surface area contributed by atoms with Crippen LogP contribution in [0.3, 0.4) is 0 Å². The number of carbonyl (C=O) groups is 2. The molecule has 1 aromatic carbocycles. The summed E-state index contributed by atoms with van der Waals surface area (Å²) >= 11 is 0. The Hall–Kier alpha value is -3.12. The SMILES string of the molecule is C[C@@H]1CN(CC(=O)N2CC(C)(C)c3nc(CO)c(Cc4ccc(F)cc4)cc32)[C@@H](CN2[C@H](C)COC[C@H]2C)CN1C(=O)O. The molecule has 3 aliphatic rings. The number of aliphatic hydroxyl groups is 1. The van der Waals surface area contributed by atoms with Gasteiger partial charge in [0.25, 0.3) is 0 Å². The Labute approximate surface area is 253 Å². The number of benzene rings is 1. The summed E-state index contributed by atoms with van der Waals surface area (Å²) in [5, 5.41) is 20.0. The number of hydrogen-bond donors (Lipinski definition) is 2. The number of halogens is 1. The number of fused-ring (bicyclic) bond motifs is 1. The fourth-order valence-corrected chi connectivity index (χ4v) is 6.81. The van der Waals surface area contributed by atoms with E-state index in [2.05, 4.69) is 23.6 Å². The third-order valence-electron chi connectivity index (χ3n) is 9.23. The summed E-state index contributed by atoms with van der Waals surface area (Å²) in [6, 6.07) is 8.17. The molecule has 3 aliphatic heterocycles. The van der Waals surface area contributed by atoms with Crippen molar-refractivity contribution < 1.29 is 28.9 Å². The van der Waals surface area contributed by atoms with Gasteiger partial charge in [-0.05, 0) is 56.5 Å². The summed E-state index contributed by atoms with van der Waals surface area (Å²) < 4.78 is 19.2. The molecule has 2 saturated heterocycles. The van der Waals surface area contributed by atoms with E-state index in [1.165, 1.54) is 17.0 Å². The molecule has 0 aliphatic carbocycles. The van der Waals surface area contributed by atoms with Crippen LogP contribution in [0.4, 0.5) is 14.9 Å². The second kappa shape index (κ2) is 12.5. The Balaban J connectivity index is 1.41. The lowest BCUT2D eigenvalue weighted by molar-refractivity contribution is -0.122. The van der Waals surface area contributed by atoms with Crippen LogP contribution in [0, 0.1) is 5.82 Å². The Morgan fingerprint density at radius 2 is 1.74 bits per heavy atom. The quantitative estimate of drug-likeness (QED) is 0.501. The molecule has 4 heterocycles. The van der Waals surface area contributed by atoms with Crippen LogP contribution >= 0.6 is 0 Å². The molecule has 5 rings (SSSR count). The van der Waals surface area contributed by atoms with Crippen molar-refractivity contribution in [1.29, 1.82) is 0 Å². The van der Waals surface area contributed by atoms with E-state index in [-0.39, 0.29) is 49.0 Å². The number of ether oxygens (including phenoxy) is 1. The van der Waals surface area contributed by atoms with Crippen LogP contribution in [0.1, 0.15) is 57.1 Å². The van der Waals surface area contributed by atoms with Gasteiger partial charge in [-0.2, -0.15) is 0 Å². The lowest BCUT2D eigenvalue weighted by atomic mass is 9.90. The summed E-state index contributed by atoms with van der Waals surface area (Å²) in [6.07, 6.45) is -0.493. The van der Waals surface area contributed by atoms with Gasteiger partial charge in [-0.15, -0.1) is 0 Å². The highest BCUT2D eigenvalue weighted by Crippen LogP contribution is 2.41. The minimum absolute atomic E-state index is 0.0674. The minimum atomic E-state index is -0.943. The average molecular weight is 598 g/mol. The highest BCUT2D eigenvalue weighted by Gasteiger charge is 2.43. The Kier molecular flexibility index (Phi) is 9.08. The number of carbonyl (C=O) groups excluding carboxylic acids is 1. The number of hydrogen-bond acceptors (Lipinski definition) is 7. The van der Waals surface area contributed by atoms with Crippen molar-refractivity contribution >= 4 is 17.7 Å². The number of rotatable bonds is 7. The molecular weight excluding hydrogens is 553 g/mol. The summed E-state index contributed by atoms with van der Waals surface area (Å²) in [4.78, 5) is 38.8. The van der Waals surface area contributed by atoms with E-state index in [0.29, 0.717) is 51.5 Å². The molecule has 11 heteroatoms. The molecule has 0 bridgehead atoms. The molecule has 2 fully saturated rings. The number of pyridine rings is 1. The molecule has 0 radical (unpaired) electrons. The normalized spacial score (nSPS) is 26.0. The van der Waals surface area contributed by atoms with Crippen molar-refractivity contribution in [2.45, 2.75) is 77.2 Å². The van der Waals surface area contributed by atoms with Crippen molar-refractivity contribution in [3.63, 3.8) is 0 Å². The Morgan fingerprint density at radius 3 is 2.37 bits per heavy atom. The van der Waals surface area contributed by atoms with Crippen LogP contribution in [0.2, 0.25) is 0 Å². The third-order valence-corrected chi connectivity index (χ3v) is 9.23. The highest BCUT2D eigenvalue weighted by molar-refractivity contribution is 5.97. The molecule has 2 N–H and O–H groups in total. The van der Waals surface area contributed by atoms with E-state index >= 15 is 0 Å². The maximum atomic E-state index is 14.1. The van der Waals surface area contributed by atoms with E-state index in [1.807, 2.05) is 26.8 Å². The van der Waals surface area contributed by atoms with Crippen molar-refractivity contribution in [3.8, 4) is 0 Å². The maximum absolute atomic E-state index is 14.1. The molecule has 4 atom stereocenters. The summed E-state index contributed by atoms with van der Waals surface area (Å²) in [5.74, 6) is -0.381. The van der Waals surface area contributed by atoms with Gasteiger partial charge in [0.2, 0.25) is 5.91 Å². The van der Waals surface area contributed by atoms with Gasteiger partial charge in [0.1, 0.15) is 5.82 Å². The predicted octanol–water partition coefficient (Wildman–Crippen LogP) is 3.09. The van der Waals surface area contributed by atoms with Gasteiger partial charge in [-0.25, -0.2) is 9.18 Å². The van der Waals surface area contributed by atoms with Crippen molar-refractivity contribution in [2.24, 2.45) is 0 Å². The van der Waals surface area contributed by atoms with Gasteiger partial charge in [0.05, 0.1) is 43.4 Å². The lowest BCUT2D eigenvalue weighted by Gasteiger charge is -2.48. The smallest absolute Gasteiger partial charge is 0.407 e. The zero-order valence-electron chi connectivity index (χ0n) is 25.8. The van der Waals surface area contributed by atoms with E-state index < -0.39 is 11.5 Å². The van der Waals surface area contributed by atoms with Crippen LogP contribution in [0.25, 0.3) is 0 Å². The van der Waals surface area contributed by atoms with Gasteiger partial charge in [-0.1, -0.05) is 26.0 Å². The molecule has 2 amide bonds. The summed E-state index contributed by atoms with van der Waals surface area (Å²) in [5.41, 5.74) is 3.31. The van der Waals surface area contributed by atoms with Crippen LogP contribution in [0.15, 0.2) is 30.3 Å². The predicted molar refractivity (Wildman–Crippen MR) is 161 cm³/mol. The first kappa shape index (κ1) is 31.3. The van der Waals surface area contributed by atoms with Gasteiger partial charge in [-0.3, -0.25) is 19.6 Å². The first-order chi connectivity index (χ1) is 20.4. The van der Waals surface area contributed by atoms with E-state index in [1.54, 1.807) is 17.0 Å². The molecule has 0 saturated carbocycles. The van der Waals surface area contributed by atoms with Crippen LogP contribution in [-0.4, -0.2) is 112 Å². The number of morpholine rings is 1. The summed E-state index contributed by atoms with van der Waals surface area (Å²) in [6.45, 7) is 13.2. The standard InChI is InChI=1S/C32H44FN5O5/c1-20-12-35(26(14-37(20)31(41)42)13-36-21(2)17-43-18-22(36)3)15-29(40)38-19-32(4,5)30-28(38)11-24(27(16-39)34-30)10-23-6-8-25(33)9-7-23/h6-9,11,20-22,26,39H,10,12-19H2,1-5H3,(H,41,42)/t20-,21-,22-,26+/m1/s1. The number of nitrogens with zero attached hydrogens (tertiary/aromatic N) is 5. The maximum Gasteiger partial charge on any atom is 0.407 e. The first-order valence-corrected chi connectivity index (χ1v) is 15.1. The average Bonchev–Trinajstić information content (AvgIpc) is 3.22. The van der Waals surface area contributed by atoms with Gasteiger partial charge >= 0.3 is 6.09 Å².